The van der Waals surface area contributed by atoms with E-state index in [9.17, 15) is 18.0 Å². The molecule has 2 saturated heterocycles. The van der Waals surface area contributed by atoms with Crippen molar-refractivity contribution >= 4 is 5.91 Å². The van der Waals surface area contributed by atoms with Gasteiger partial charge >= 0.3 is 6.18 Å². The maximum absolute atomic E-state index is 13.5. The first kappa shape index (κ1) is 21.4. The molecule has 30 heavy (non-hydrogen) atoms. The number of amides is 1. The fourth-order valence-electron chi connectivity index (χ4n) is 4.46. The molecule has 10 heteroatoms. The topological polar surface area (TPSA) is 60.1 Å². The maximum atomic E-state index is 13.5. The van der Waals surface area contributed by atoms with E-state index in [1.165, 1.54) is 0 Å². The van der Waals surface area contributed by atoms with E-state index in [2.05, 4.69) is 27.7 Å². The molecule has 0 saturated carbocycles. The van der Waals surface area contributed by atoms with Gasteiger partial charge in [0.25, 0.3) is 0 Å². The minimum atomic E-state index is -4.59. The molecule has 3 aliphatic rings. The van der Waals surface area contributed by atoms with Gasteiger partial charge in [-0.25, -0.2) is 5.43 Å². The van der Waals surface area contributed by atoms with Gasteiger partial charge in [0.15, 0.2) is 5.92 Å². The lowest BCUT2D eigenvalue weighted by atomic mass is 9.95. The van der Waals surface area contributed by atoms with Crippen LogP contribution in [0.1, 0.15) is 11.1 Å². The molecular formula is C20H28F3N5O2. The minimum absolute atomic E-state index is 0.0451. The zero-order chi connectivity index (χ0) is 21.3. The van der Waals surface area contributed by atoms with Crippen LogP contribution in [-0.4, -0.2) is 85.7 Å². The molecule has 0 radical (unpaired) electrons. The highest BCUT2D eigenvalue weighted by Crippen LogP contribution is 2.38. The van der Waals surface area contributed by atoms with Gasteiger partial charge in [0.2, 0.25) is 5.91 Å². The number of alkyl halides is 3. The van der Waals surface area contributed by atoms with Crippen molar-refractivity contribution < 1.29 is 22.7 Å². The van der Waals surface area contributed by atoms with E-state index in [1.54, 1.807) is 4.90 Å². The summed E-state index contributed by atoms with van der Waals surface area (Å²) in [4.78, 5) is 18.3. The van der Waals surface area contributed by atoms with Crippen molar-refractivity contribution in [2.75, 3.05) is 52.9 Å². The van der Waals surface area contributed by atoms with Crippen molar-refractivity contribution in [3.63, 3.8) is 0 Å². The molecule has 0 aliphatic carbocycles. The van der Waals surface area contributed by atoms with E-state index >= 15 is 0 Å². The van der Waals surface area contributed by atoms with Gasteiger partial charge in [-0.3, -0.25) is 20.0 Å². The van der Waals surface area contributed by atoms with Crippen LogP contribution >= 0.6 is 0 Å². The monoisotopic (exact) mass is 427 g/mol. The number of carbonyl (C=O) groups excluding carboxylic acids is 1. The molecule has 0 spiro atoms. The number of benzene rings is 1. The highest BCUT2D eigenvalue weighted by Gasteiger charge is 2.53. The number of hydrazine groups is 1. The Kier molecular flexibility index (Phi) is 6.19. The molecule has 2 N–H and O–H groups in total. The smallest absolute Gasteiger partial charge is 0.402 e. The minimum Gasteiger partial charge on any atom is -0.492 e. The molecule has 0 aromatic heterocycles. The molecule has 4 rings (SSSR count). The summed E-state index contributed by atoms with van der Waals surface area (Å²) in [6.07, 6.45) is -4.59. The number of ether oxygens (including phenoxy) is 1. The number of carbonyl (C=O) groups is 1. The average Bonchev–Trinajstić information content (AvgIpc) is 3.13. The lowest BCUT2D eigenvalue weighted by Crippen LogP contribution is -2.63. The summed E-state index contributed by atoms with van der Waals surface area (Å²) >= 11 is 0. The molecule has 3 aliphatic heterocycles. The largest absolute Gasteiger partial charge is 0.492 e. The van der Waals surface area contributed by atoms with Gasteiger partial charge in [0, 0.05) is 64.0 Å². The summed E-state index contributed by atoms with van der Waals surface area (Å²) in [5.41, 5.74) is 6.59. The quantitative estimate of drug-likeness (QED) is 0.726. The van der Waals surface area contributed by atoms with Crippen molar-refractivity contribution in [3.05, 3.63) is 29.3 Å². The van der Waals surface area contributed by atoms with E-state index in [0.29, 0.717) is 19.7 Å². The molecule has 2 fully saturated rings. The third-order valence-corrected chi connectivity index (χ3v) is 6.24. The summed E-state index contributed by atoms with van der Waals surface area (Å²) in [6.45, 7) is 6.22. The lowest BCUT2D eigenvalue weighted by Gasteiger charge is -2.38. The molecule has 7 nitrogen and oxygen atoms in total. The number of hydrogen-bond donors (Lipinski definition) is 2. The summed E-state index contributed by atoms with van der Waals surface area (Å²) < 4.78 is 46.6. The second kappa shape index (κ2) is 8.70. The number of halogens is 3. The van der Waals surface area contributed by atoms with Crippen LogP contribution in [0.2, 0.25) is 0 Å². The molecule has 2 unspecified atom stereocenters. The summed E-state index contributed by atoms with van der Waals surface area (Å²) in [7, 11) is 2.11. The number of nitrogens with zero attached hydrogens (tertiary/aromatic N) is 3. The number of likely N-dealkylation sites (N-methyl/N-ethyl adjacent to an activating group) is 1. The molecule has 1 amide bonds. The zero-order valence-corrected chi connectivity index (χ0v) is 17.0. The van der Waals surface area contributed by atoms with Crippen LogP contribution in [0.3, 0.4) is 0 Å². The van der Waals surface area contributed by atoms with Crippen LogP contribution in [0.15, 0.2) is 18.2 Å². The molecule has 166 valence electrons. The summed E-state index contributed by atoms with van der Waals surface area (Å²) in [6, 6.07) is 4.71. The fourth-order valence-corrected chi connectivity index (χ4v) is 4.46. The number of nitrogens with one attached hydrogen (secondary N) is 2. The highest BCUT2D eigenvalue weighted by atomic mass is 19.4. The SMILES string of the molecule is CN1CCN(CCOc2cccc3c2CN(C2CNNC(=O)C2C(F)(F)F)C3)CC1. The van der Waals surface area contributed by atoms with E-state index in [4.69, 9.17) is 4.74 Å². The second-order valence-corrected chi connectivity index (χ2v) is 8.25. The number of piperazine rings is 1. The normalized spacial score (nSPS) is 26.5. The predicted molar refractivity (Wildman–Crippen MR) is 105 cm³/mol. The van der Waals surface area contributed by atoms with Crippen molar-refractivity contribution in [3.8, 4) is 5.75 Å². The van der Waals surface area contributed by atoms with Crippen LogP contribution in [-0.2, 0) is 17.9 Å². The third kappa shape index (κ3) is 4.56. The molecule has 2 atom stereocenters. The van der Waals surface area contributed by atoms with Gasteiger partial charge in [0.1, 0.15) is 12.4 Å². The molecule has 1 aromatic rings. The van der Waals surface area contributed by atoms with Crippen molar-refractivity contribution in [1.82, 2.24) is 25.6 Å². The Bertz CT molecular complexity index is 767. The maximum Gasteiger partial charge on any atom is 0.402 e. The fraction of sp³-hybridized carbons (Fsp3) is 0.650. The molecule has 1 aromatic carbocycles. The van der Waals surface area contributed by atoms with Gasteiger partial charge in [0.05, 0.1) is 0 Å². The first-order valence-electron chi connectivity index (χ1n) is 10.3. The molecular weight excluding hydrogens is 399 g/mol. The first-order valence-corrected chi connectivity index (χ1v) is 10.3. The Morgan fingerprint density at radius 3 is 2.67 bits per heavy atom. The van der Waals surface area contributed by atoms with Gasteiger partial charge < -0.3 is 9.64 Å². The Balaban J connectivity index is 1.40. The standard InChI is InChI=1S/C20H28F3N5O2/c1-26-5-7-27(8-6-26)9-10-30-17-4-2-3-14-12-28(13-15(14)17)16-11-24-25-19(29)18(16)20(21,22)23/h2-4,16,18,24H,5-13H2,1H3,(H,25,29). The van der Waals surface area contributed by atoms with Gasteiger partial charge in [-0.15, -0.1) is 0 Å². The van der Waals surface area contributed by atoms with E-state index < -0.39 is 24.0 Å². The lowest BCUT2D eigenvalue weighted by molar-refractivity contribution is -0.201. The van der Waals surface area contributed by atoms with E-state index in [0.717, 1.165) is 49.6 Å². The first-order chi connectivity index (χ1) is 14.3. The second-order valence-electron chi connectivity index (χ2n) is 8.25. The van der Waals surface area contributed by atoms with Gasteiger partial charge in [-0.1, -0.05) is 12.1 Å². The Morgan fingerprint density at radius 2 is 1.93 bits per heavy atom. The van der Waals surface area contributed by atoms with Crippen LogP contribution in [0, 0.1) is 5.92 Å². The Labute approximate surface area is 174 Å². The number of fused-ring (bicyclic) bond motifs is 1. The highest BCUT2D eigenvalue weighted by molar-refractivity contribution is 5.80. The van der Waals surface area contributed by atoms with Gasteiger partial charge in [-0.05, 0) is 18.7 Å². The van der Waals surface area contributed by atoms with Crippen molar-refractivity contribution in [2.45, 2.75) is 25.3 Å². The number of hydrogen-bond acceptors (Lipinski definition) is 6. The Morgan fingerprint density at radius 1 is 1.17 bits per heavy atom. The number of rotatable bonds is 5. The van der Waals surface area contributed by atoms with E-state index in [-0.39, 0.29) is 6.54 Å². The average molecular weight is 427 g/mol. The Hall–Kier alpha value is -1.88. The predicted octanol–water partition coefficient (Wildman–Crippen LogP) is 0.810. The van der Waals surface area contributed by atoms with Crippen molar-refractivity contribution in [2.24, 2.45) is 5.92 Å². The van der Waals surface area contributed by atoms with Gasteiger partial charge in [-0.2, -0.15) is 13.2 Å². The molecule has 3 heterocycles. The molecule has 0 bridgehead atoms. The van der Waals surface area contributed by atoms with Crippen LogP contribution in [0.25, 0.3) is 0 Å². The van der Waals surface area contributed by atoms with Crippen LogP contribution in [0.4, 0.5) is 13.2 Å². The summed E-state index contributed by atoms with van der Waals surface area (Å²) in [5.74, 6) is -2.35. The summed E-state index contributed by atoms with van der Waals surface area (Å²) in [5, 5.41) is 0. The van der Waals surface area contributed by atoms with E-state index in [1.807, 2.05) is 18.2 Å². The van der Waals surface area contributed by atoms with Crippen molar-refractivity contribution in [1.29, 1.82) is 0 Å². The van der Waals surface area contributed by atoms with Crippen LogP contribution in [0.5, 0.6) is 5.75 Å². The van der Waals surface area contributed by atoms with Crippen LogP contribution < -0.4 is 15.6 Å². The zero-order valence-electron chi connectivity index (χ0n) is 17.0. The third-order valence-electron chi connectivity index (χ3n) is 6.24.